The smallest absolute Gasteiger partial charge is 0.228 e. The number of fused-ring (bicyclic) bond motifs is 2. The van der Waals surface area contributed by atoms with E-state index in [1.807, 2.05) is 0 Å². The summed E-state index contributed by atoms with van der Waals surface area (Å²) < 4.78 is 0. The van der Waals surface area contributed by atoms with Crippen LogP contribution in [0.3, 0.4) is 0 Å². The number of carbonyl (C=O) groups is 1. The van der Waals surface area contributed by atoms with Gasteiger partial charge in [0.2, 0.25) is 5.91 Å². The fourth-order valence-electron chi connectivity index (χ4n) is 9.16. The van der Waals surface area contributed by atoms with Crippen molar-refractivity contribution in [3.05, 3.63) is 47.5 Å². The molecule has 6 rings (SSSR count). The molecule has 4 aliphatic carbocycles. The quantitative estimate of drug-likeness (QED) is 0.698. The molecule has 3 heteroatoms. The second kappa shape index (κ2) is 6.25. The molecule has 5 aliphatic rings. The average Bonchev–Trinajstić information content (AvgIpc) is 3.03. The Kier molecular flexibility index (Phi) is 4.04. The lowest BCUT2D eigenvalue weighted by molar-refractivity contribution is -0.148. The Hall–Kier alpha value is -1.61. The number of benzene rings is 1. The summed E-state index contributed by atoms with van der Waals surface area (Å²) >= 11 is 0. The van der Waals surface area contributed by atoms with E-state index in [0.29, 0.717) is 23.2 Å². The third-order valence-electron chi connectivity index (χ3n) is 10.4. The molecule has 5 fully saturated rings. The highest BCUT2D eigenvalue weighted by molar-refractivity contribution is 5.85. The highest BCUT2D eigenvalue weighted by atomic mass is 16.2. The Labute approximate surface area is 187 Å². The van der Waals surface area contributed by atoms with Gasteiger partial charge in [-0.3, -0.25) is 4.79 Å². The predicted molar refractivity (Wildman–Crippen MR) is 124 cm³/mol. The number of likely N-dealkylation sites (tertiary alicyclic amines) is 1. The van der Waals surface area contributed by atoms with Crippen molar-refractivity contribution in [2.24, 2.45) is 33.8 Å². The van der Waals surface area contributed by atoms with Crippen LogP contribution in [0.4, 0.5) is 0 Å². The lowest BCUT2D eigenvalue weighted by Gasteiger charge is -2.59. The number of amides is 1. The fourth-order valence-corrected chi connectivity index (χ4v) is 9.16. The number of carbonyl (C=O) groups excluding carboxylic acids is 1. The topological polar surface area (TPSA) is 46.3 Å². The molecule has 1 aromatic carbocycles. The SMILES string of the molecule is CC/C=C1/C2CC3(C(=O)N4CCC(N)C(C)(C)C4)CC4(c5ccccc5)CC1C4(C2)C3. The summed E-state index contributed by atoms with van der Waals surface area (Å²) in [4.78, 5) is 16.5. The molecule has 3 nitrogen and oxygen atoms in total. The number of rotatable bonds is 3. The number of nitrogens with zero attached hydrogens (tertiary/aromatic N) is 1. The Morgan fingerprint density at radius 3 is 2.65 bits per heavy atom. The van der Waals surface area contributed by atoms with Gasteiger partial charge in [0.25, 0.3) is 0 Å². The zero-order chi connectivity index (χ0) is 21.6. The first-order chi connectivity index (χ1) is 14.8. The van der Waals surface area contributed by atoms with Crippen LogP contribution in [-0.2, 0) is 10.2 Å². The van der Waals surface area contributed by atoms with Gasteiger partial charge in [-0.15, -0.1) is 0 Å². The number of piperidine rings is 1. The molecular formula is C28H38N2O. The standard InChI is InChI=1S/C28H38N2O/c1-4-8-21-19-13-26(24(31)30-12-11-23(29)25(2,3)18-30)16-27(20-9-6-5-7-10-20)15-22(21)28(27,14-19)17-26/h5-10,19,22-23H,4,11-18,29H2,1-3H3/b21-8-. The van der Waals surface area contributed by atoms with Crippen molar-refractivity contribution in [2.45, 2.75) is 77.2 Å². The molecule has 1 amide bonds. The summed E-state index contributed by atoms with van der Waals surface area (Å²) in [6.07, 6.45) is 10.4. The van der Waals surface area contributed by atoms with Gasteiger partial charge in [-0.25, -0.2) is 0 Å². The summed E-state index contributed by atoms with van der Waals surface area (Å²) in [7, 11) is 0. The summed E-state index contributed by atoms with van der Waals surface area (Å²) in [6, 6.07) is 11.4. The molecule has 1 aliphatic heterocycles. The molecule has 1 saturated heterocycles. The number of hydrogen-bond acceptors (Lipinski definition) is 2. The maximum absolute atomic E-state index is 14.3. The third-order valence-corrected chi connectivity index (χ3v) is 10.4. The zero-order valence-corrected chi connectivity index (χ0v) is 19.5. The van der Waals surface area contributed by atoms with Gasteiger partial charge in [-0.1, -0.05) is 62.8 Å². The molecule has 4 saturated carbocycles. The van der Waals surface area contributed by atoms with Crippen molar-refractivity contribution in [3.8, 4) is 0 Å². The van der Waals surface area contributed by atoms with Crippen LogP contribution in [0.5, 0.6) is 0 Å². The fraction of sp³-hybridized carbons (Fsp3) is 0.679. The Morgan fingerprint density at radius 2 is 1.94 bits per heavy atom. The maximum atomic E-state index is 14.3. The molecule has 1 spiro atoms. The van der Waals surface area contributed by atoms with Crippen molar-refractivity contribution in [2.75, 3.05) is 13.1 Å². The van der Waals surface area contributed by atoms with Crippen molar-refractivity contribution >= 4 is 5.91 Å². The van der Waals surface area contributed by atoms with Crippen molar-refractivity contribution in [1.29, 1.82) is 0 Å². The first kappa shape index (κ1) is 20.0. The molecule has 3 bridgehead atoms. The van der Waals surface area contributed by atoms with Gasteiger partial charge < -0.3 is 10.6 Å². The van der Waals surface area contributed by atoms with Gasteiger partial charge in [0.1, 0.15) is 0 Å². The van der Waals surface area contributed by atoms with E-state index in [-0.39, 0.29) is 22.3 Å². The molecule has 1 aromatic rings. The van der Waals surface area contributed by atoms with Crippen LogP contribution in [0.15, 0.2) is 42.0 Å². The zero-order valence-electron chi connectivity index (χ0n) is 19.5. The van der Waals surface area contributed by atoms with E-state index in [1.165, 1.54) is 18.4 Å². The number of hydrogen-bond donors (Lipinski definition) is 1. The monoisotopic (exact) mass is 418 g/mol. The largest absolute Gasteiger partial charge is 0.342 e. The third kappa shape index (κ3) is 2.37. The number of allylic oxidation sites excluding steroid dienone is 2. The molecule has 31 heavy (non-hydrogen) atoms. The van der Waals surface area contributed by atoms with Gasteiger partial charge in [0.15, 0.2) is 0 Å². The molecule has 6 unspecified atom stereocenters. The second-order valence-corrected chi connectivity index (χ2v) is 12.3. The van der Waals surface area contributed by atoms with Crippen LogP contribution in [0.2, 0.25) is 0 Å². The molecule has 0 radical (unpaired) electrons. The van der Waals surface area contributed by atoms with E-state index in [2.05, 4.69) is 62.1 Å². The second-order valence-electron chi connectivity index (χ2n) is 12.3. The van der Waals surface area contributed by atoms with Crippen LogP contribution in [0, 0.1) is 28.1 Å². The summed E-state index contributed by atoms with van der Waals surface area (Å²) in [6.45, 7) is 8.39. The maximum Gasteiger partial charge on any atom is 0.228 e. The minimum Gasteiger partial charge on any atom is -0.342 e. The Balaban J connectivity index is 1.42. The van der Waals surface area contributed by atoms with E-state index >= 15 is 0 Å². The molecule has 166 valence electrons. The van der Waals surface area contributed by atoms with Gasteiger partial charge in [0, 0.05) is 24.5 Å². The highest BCUT2D eigenvalue weighted by Crippen LogP contribution is 2.85. The molecule has 1 heterocycles. The lowest BCUT2D eigenvalue weighted by atomic mass is 9.44. The minimum absolute atomic E-state index is 0.000989. The van der Waals surface area contributed by atoms with Gasteiger partial charge in [-0.05, 0) is 73.2 Å². The van der Waals surface area contributed by atoms with Gasteiger partial charge in [0.05, 0.1) is 5.41 Å². The van der Waals surface area contributed by atoms with Crippen molar-refractivity contribution < 1.29 is 4.79 Å². The predicted octanol–water partition coefficient (Wildman–Crippen LogP) is 5.06. The van der Waals surface area contributed by atoms with Crippen LogP contribution in [0.25, 0.3) is 0 Å². The van der Waals surface area contributed by atoms with Crippen LogP contribution < -0.4 is 5.73 Å². The van der Waals surface area contributed by atoms with E-state index in [9.17, 15) is 4.79 Å². The van der Waals surface area contributed by atoms with Crippen LogP contribution in [-0.4, -0.2) is 29.9 Å². The van der Waals surface area contributed by atoms with Gasteiger partial charge >= 0.3 is 0 Å². The summed E-state index contributed by atoms with van der Waals surface area (Å²) in [5.74, 6) is 1.79. The highest BCUT2D eigenvalue weighted by Gasteiger charge is 2.81. The van der Waals surface area contributed by atoms with E-state index in [1.54, 1.807) is 5.57 Å². The minimum atomic E-state index is -0.172. The average molecular weight is 419 g/mol. The van der Waals surface area contributed by atoms with E-state index in [0.717, 1.165) is 45.2 Å². The molecule has 6 atom stereocenters. The van der Waals surface area contributed by atoms with Crippen LogP contribution >= 0.6 is 0 Å². The van der Waals surface area contributed by atoms with Crippen molar-refractivity contribution in [3.63, 3.8) is 0 Å². The first-order valence-electron chi connectivity index (χ1n) is 12.6. The van der Waals surface area contributed by atoms with E-state index in [4.69, 9.17) is 5.73 Å². The van der Waals surface area contributed by atoms with Crippen LogP contribution in [0.1, 0.15) is 71.3 Å². The summed E-state index contributed by atoms with van der Waals surface area (Å²) in [5, 5.41) is 0. The van der Waals surface area contributed by atoms with E-state index < -0.39 is 0 Å². The number of nitrogens with two attached hydrogens (primary N) is 1. The van der Waals surface area contributed by atoms with Crippen molar-refractivity contribution in [1.82, 2.24) is 4.90 Å². The Bertz CT molecular complexity index is 951. The normalized spacial score (nSPS) is 45.6. The molecule has 0 aromatic heterocycles. The van der Waals surface area contributed by atoms with Gasteiger partial charge in [-0.2, -0.15) is 0 Å². The molecular weight excluding hydrogens is 380 g/mol. The lowest BCUT2D eigenvalue weighted by Crippen LogP contribution is -2.57. The first-order valence-corrected chi connectivity index (χ1v) is 12.6. The molecule has 2 N–H and O–H groups in total. The Morgan fingerprint density at radius 1 is 1.16 bits per heavy atom. The summed E-state index contributed by atoms with van der Waals surface area (Å²) in [5.41, 5.74) is 9.97.